The first-order valence-corrected chi connectivity index (χ1v) is 24.9. The van der Waals surface area contributed by atoms with E-state index < -0.39 is 0 Å². The van der Waals surface area contributed by atoms with Gasteiger partial charge in [0.15, 0.2) is 0 Å². The highest BCUT2D eigenvalue weighted by molar-refractivity contribution is 6.10. The van der Waals surface area contributed by atoms with Gasteiger partial charge in [-0.15, -0.1) is 0 Å². The molecule has 340 valence electrons. The van der Waals surface area contributed by atoms with Gasteiger partial charge in [0.2, 0.25) is 0 Å². The van der Waals surface area contributed by atoms with Crippen molar-refractivity contribution in [3.8, 4) is 61.3 Å². The van der Waals surface area contributed by atoms with Crippen molar-refractivity contribution in [1.82, 2.24) is 4.57 Å². The molecule has 0 saturated carbocycles. The van der Waals surface area contributed by atoms with E-state index >= 15 is 0 Å². The summed E-state index contributed by atoms with van der Waals surface area (Å²) in [6.45, 7) is 4.71. The highest BCUT2D eigenvalue weighted by Crippen LogP contribution is 2.51. The molecule has 0 radical (unpaired) electrons. The molecule has 14 rings (SSSR count). The van der Waals surface area contributed by atoms with Gasteiger partial charge in [0.25, 0.3) is 0 Å². The van der Waals surface area contributed by atoms with Crippen LogP contribution < -0.4 is 4.90 Å². The van der Waals surface area contributed by atoms with Gasteiger partial charge in [0.05, 0.1) is 11.0 Å². The summed E-state index contributed by atoms with van der Waals surface area (Å²) < 4.78 is 8.48. The number of aromatic nitrogens is 1. The average Bonchev–Trinajstić information content (AvgIpc) is 4.06. The predicted molar refractivity (Wildman–Crippen MR) is 302 cm³/mol. The summed E-state index contributed by atoms with van der Waals surface area (Å²) in [6.07, 6.45) is 0. The number of hydrogen-bond acceptors (Lipinski definition) is 2. The summed E-state index contributed by atoms with van der Waals surface area (Å²) in [7, 11) is 0. The Bertz CT molecular complexity index is 4200. The summed E-state index contributed by atoms with van der Waals surface area (Å²) in [5.41, 5.74) is 23.5. The monoisotopic (exact) mass is 920 g/mol. The van der Waals surface area contributed by atoms with E-state index in [9.17, 15) is 0 Å². The fourth-order valence-corrected chi connectivity index (χ4v) is 11.5. The zero-order valence-electron chi connectivity index (χ0n) is 40.1. The van der Waals surface area contributed by atoms with Crippen LogP contribution in [0.5, 0.6) is 0 Å². The third kappa shape index (κ3) is 6.81. The first-order chi connectivity index (χ1) is 35.4. The lowest BCUT2D eigenvalue weighted by molar-refractivity contribution is 0.660. The van der Waals surface area contributed by atoms with E-state index in [0.717, 1.165) is 39.0 Å². The minimum absolute atomic E-state index is 0.121. The molecule has 0 atom stereocenters. The van der Waals surface area contributed by atoms with Crippen molar-refractivity contribution in [2.45, 2.75) is 19.3 Å². The molecule has 3 nitrogen and oxygen atoms in total. The molecule has 0 aliphatic heterocycles. The van der Waals surface area contributed by atoms with Crippen molar-refractivity contribution in [3.63, 3.8) is 0 Å². The molecule has 1 aliphatic rings. The number of para-hydroxylation sites is 3. The van der Waals surface area contributed by atoms with Crippen LogP contribution >= 0.6 is 0 Å². The molecule has 13 aromatic rings. The van der Waals surface area contributed by atoms with Crippen LogP contribution in [0.3, 0.4) is 0 Å². The highest BCUT2D eigenvalue weighted by atomic mass is 16.3. The van der Waals surface area contributed by atoms with Gasteiger partial charge in [0.1, 0.15) is 11.2 Å². The maximum absolute atomic E-state index is 6.11. The predicted octanol–water partition coefficient (Wildman–Crippen LogP) is 19.1. The second kappa shape index (κ2) is 16.5. The smallest absolute Gasteiger partial charge is 0.135 e. The van der Waals surface area contributed by atoms with Gasteiger partial charge >= 0.3 is 0 Å². The zero-order valence-corrected chi connectivity index (χ0v) is 40.1. The van der Waals surface area contributed by atoms with Crippen LogP contribution in [-0.2, 0) is 5.41 Å². The Morgan fingerprint density at radius 2 is 0.778 bits per heavy atom. The molecular formula is C69H48N2O. The lowest BCUT2D eigenvalue weighted by Crippen LogP contribution is -2.16. The molecule has 2 aromatic heterocycles. The Hall–Kier alpha value is -9.18. The van der Waals surface area contributed by atoms with Crippen molar-refractivity contribution >= 4 is 60.8 Å². The molecule has 0 N–H and O–H groups in total. The van der Waals surface area contributed by atoms with Crippen LogP contribution in [0.1, 0.15) is 25.0 Å². The third-order valence-electron chi connectivity index (χ3n) is 15.2. The number of furan rings is 1. The Kier molecular flexibility index (Phi) is 9.56. The van der Waals surface area contributed by atoms with E-state index in [1.54, 1.807) is 0 Å². The van der Waals surface area contributed by atoms with Crippen LogP contribution in [0, 0.1) is 0 Å². The molecule has 1 aliphatic carbocycles. The van der Waals surface area contributed by atoms with E-state index in [4.69, 9.17) is 4.42 Å². The molecule has 0 saturated heterocycles. The van der Waals surface area contributed by atoms with Crippen LogP contribution in [-0.4, -0.2) is 4.57 Å². The second-order valence-corrected chi connectivity index (χ2v) is 19.7. The molecular weight excluding hydrogens is 873 g/mol. The van der Waals surface area contributed by atoms with Gasteiger partial charge in [-0.05, 0) is 152 Å². The average molecular weight is 921 g/mol. The summed E-state index contributed by atoms with van der Waals surface area (Å²) >= 11 is 0. The molecule has 0 amide bonds. The highest BCUT2D eigenvalue weighted by Gasteiger charge is 2.35. The van der Waals surface area contributed by atoms with Gasteiger partial charge in [-0.3, -0.25) is 0 Å². The van der Waals surface area contributed by atoms with E-state index in [1.807, 2.05) is 12.1 Å². The van der Waals surface area contributed by atoms with Gasteiger partial charge in [-0.1, -0.05) is 184 Å². The van der Waals surface area contributed by atoms with Gasteiger partial charge in [-0.25, -0.2) is 0 Å². The van der Waals surface area contributed by atoms with Crippen molar-refractivity contribution in [3.05, 3.63) is 266 Å². The first-order valence-electron chi connectivity index (χ1n) is 24.9. The van der Waals surface area contributed by atoms with Crippen LogP contribution in [0.15, 0.2) is 259 Å². The first kappa shape index (κ1) is 41.8. The topological polar surface area (TPSA) is 21.3 Å². The maximum Gasteiger partial charge on any atom is 0.135 e. The number of hydrogen-bond donors (Lipinski definition) is 0. The fraction of sp³-hybridized carbons (Fsp3) is 0.0435. The standard InChI is InChI=1S/C69H48N2O/c1-69(2)63-17-9-6-14-57(63)58-39-38-56(44-64(58)69)70(55-36-30-48(31-37-55)46-22-26-50(27-23-46)52-33-41-68-62(43-52)60-16-8-11-19-67(60)72-68)54-34-28-47(29-35-54)45-20-24-49(25-21-45)51-32-40-66-61(42-51)59-15-7-10-18-65(59)71(66)53-12-4-3-5-13-53/h3-44H,1-2H3. The summed E-state index contributed by atoms with van der Waals surface area (Å²) in [4.78, 5) is 2.40. The quantitative estimate of drug-likeness (QED) is 0.151. The SMILES string of the molecule is CC1(C)c2ccccc2-c2ccc(N(c3ccc(-c4ccc(-c5ccc6oc7ccccc7c6c5)cc4)cc3)c3ccc(-c4ccc(-c5ccc6c(c5)c5ccccc5n6-c5ccccc5)cc4)cc3)cc21. The largest absolute Gasteiger partial charge is 0.456 e. The minimum Gasteiger partial charge on any atom is -0.456 e. The van der Waals surface area contributed by atoms with Crippen molar-refractivity contribution < 1.29 is 4.42 Å². The Morgan fingerprint density at radius 1 is 0.319 bits per heavy atom. The normalized spacial score (nSPS) is 12.7. The summed E-state index contributed by atoms with van der Waals surface area (Å²) in [5, 5.41) is 4.80. The summed E-state index contributed by atoms with van der Waals surface area (Å²) in [5.74, 6) is 0. The number of rotatable bonds is 8. The number of nitrogens with zero attached hydrogens (tertiary/aromatic N) is 2. The molecule has 11 aromatic carbocycles. The van der Waals surface area contributed by atoms with Crippen molar-refractivity contribution in [2.24, 2.45) is 0 Å². The fourth-order valence-electron chi connectivity index (χ4n) is 11.5. The molecule has 0 unspecified atom stereocenters. The molecule has 0 fully saturated rings. The van der Waals surface area contributed by atoms with E-state index in [-0.39, 0.29) is 5.41 Å². The minimum atomic E-state index is -0.121. The number of benzene rings is 11. The molecule has 0 bridgehead atoms. The van der Waals surface area contributed by atoms with Gasteiger partial charge in [0, 0.05) is 49.7 Å². The second-order valence-electron chi connectivity index (χ2n) is 19.7. The Labute approximate surface area is 419 Å². The number of fused-ring (bicyclic) bond motifs is 9. The van der Waals surface area contributed by atoms with Crippen LogP contribution in [0.2, 0.25) is 0 Å². The molecule has 3 heteroatoms. The lowest BCUT2D eigenvalue weighted by atomic mass is 9.82. The van der Waals surface area contributed by atoms with Crippen LogP contribution in [0.25, 0.3) is 105 Å². The maximum atomic E-state index is 6.11. The van der Waals surface area contributed by atoms with Gasteiger partial charge < -0.3 is 13.9 Å². The lowest BCUT2D eigenvalue weighted by Gasteiger charge is -2.28. The van der Waals surface area contributed by atoms with E-state index in [2.05, 4.69) is 266 Å². The number of anilines is 3. The zero-order chi connectivity index (χ0) is 47.9. The van der Waals surface area contributed by atoms with E-state index in [0.29, 0.717) is 0 Å². The molecule has 0 spiro atoms. The Balaban J connectivity index is 0.778. The van der Waals surface area contributed by atoms with Crippen LogP contribution in [0.4, 0.5) is 17.1 Å². The Morgan fingerprint density at radius 3 is 1.44 bits per heavy atom. The van der Waals surface area contributed by atoms with Crippen molar-refractivity contribution in [1.29, 1.82) is 0 Å². The van der Waals surface area contributed by atoms with E-state index in [1.165, 1.54) is 94.3 Å². The molecule has 2 heterocycles. The molecule has 72 heavy (non-hydrogen) atoms. The van der Waals surface area contributed by atoms with Gasteiger partial charge in [-0.2, -0.15) is 0 Å². The van der Waals surface area contributed by atoms with Crippen molar-refractivity contribution in [2.75, 3.05) is 4.90 Å². The summed E-state index contributed by atoms with van der Waals surface area (Å²) in [6, 6.07) is 92.9. The third-order valence-corrected chi connectivity index (χ3v) is 15.2.